The van der Waals surface area contributed by atoms with Crippen LogP contribution < -0.4 is 0 Å². The number of hydrogen-bond acceptors (Lipinski definition) is 1. The number of allylic oxidation sites excluding steroid dienone is 1. The second-order valence-electron chi connectivity index (χ2n) is 2.86. The van der Waals surface area contributed by atoms with E-state index in [1.807, 2.05) is 0 Å². The van der Waals surface area contributed by atoms with Crippen LogP contribution in [0.4, 0.5) is 4.39 Å². The van der Waals surface area contributed by atoms with Gasteiger partial charge in [0.1, 0.15) is 11.6 Å². The Morgan fingerprint density at radius 3 is 2.54 bits per heavy atom. The van der Waals surface area contributed by atoms with Crippen LogP contribution in [0.25, 0.3) is 6.08 Å². The maximum absolute atomic E-state index is 12.5. The van der Waals surface area contributed by atoms with Gasteiger partial charge in [-0.1, -0.05) is 24.3 Å². The summed E-state index contributed by atoms with van der Waals surface area (Å²) in [5.41, 5.74) is 0.905. The quantitative estimate of drug-likeness (QED) is 0.695. The molecule has 0 saturated heterocycles. The van der Waals surface area contributed by atoms with Crippen LogP contribution >= 0.6 is 0 Å². The summed E-state index contributed by atoms with van der Waals surface area (Å²) in [6.45, 7) is 1.54. The summed E-state index contributed by atoms with van der Waals surface area (Å²) in [5, 5.41) is 0. The third-order valence-corrected chi connectivity index (χ3v) is 1.59. The summed E-state index contributed by atoms with van der Waals surface area (Å²) >= 11 is 0. The first kappa shape index (κ1) is 9.65. The molecule has 0 aliphatic rings. The number of halogens is 1. The molecule has 0 atom stereocenters. The molecule has 0 fully saturated rings. The predicted molar refractivity (Wildman–Crippen MR) is 50.7 cm³/mol. The van der Waals surface area contributed by atoms with E-state index in [0.717, 1.165) is 5.56 Å². The van der Waals surface area contributed by atoms with E-state index >= 15 is 0 Å². The number of benzene rings is 1. The summed E-state index contributed by atoms with van der Waals surface area (Å²) in [4.78, 5) is 10.6. The molecule has 0 aliphatic carbocycles. The first-order valence-electron chi connectivity index (χ1n) is 4.10. The molecular weight excluding hydrogens is 167 g/mol. The number of Topliss-reactive ketones (excluding diaryl/α,β-unsaturated/α-hetero) is 1. The minimum Gasteiger partial charge on any atom is -0.300 e. The Morgan fingerprint density at radius 2 is 2.00 bits per heavy atom. The van der Waals surface area contributed by atoms with Crippen molar-refractivity contribution in [2.75, 3.05) is 0 Å². The van der Waals surface area contributed by atoms with Gasteiger partial charge in [0.05, 0.1) is 0 Å². The van der Waals surface area contributed by atoms with E-state index in [-0.39, 0.29) is 11.6 Å². The molecule has 0 aliphatic heterocycles. The van der Waals surface area contributed by atoms with Gasteiger partial charge in [-0.25, -0.2) is 4.39 Å². The van der Waals surface area contributed by atoms with Gasteiger partial charge >= 0.3 is 0 Å². The minimum absolute atomic E-state index is 0.123. The number of carbonyl (C=O) groups excluding carboxylic acids is 1. The lowest BCUT2D eigenvalue weighted by Crippen LogP contribution is -1.83. The standard InChI is InChI=1S/C11H11FO/c1-9(13)3-2-4-10-5-7-11(12)8-6-10/h2,4-8H,3H2,1H3/b4-2+. The molecule has 1 nitrogen and oxygen atoms in total. The lowest BCUT2D eigenvalue weighted by Gasteiger charge is -1.91. The molecule has 0 bridgehead atoms. The number of rotatable bonds is 3. The molecule has 68 valence electrons. The minimum atomic E-state index is -0.247. The van der Waals surface area contributed by atoms with Crippen molar-refractivity contribution in [3.8, 4) is 0 Å². The summed E-state index contributed by atoms with van der Waals surface area (Å²) < 4.78 is 12.5. The fraction of sp³-hybridized carbons (Fsp3) is 0.182. The van der Waals surface area contributed by atoms with Crippen LogP contribution in [-0.2, 0) is 4.79 Å². The smallest absolute Gasteiger partial charge is 0.133 e. The number of hydrogen-bond donors (Lipinski definition) is 0. The average molecular weight is 178 g/mol. The molecule has 1 aromatic rings. The largest absolute Gasteiger partial charge is 0.300 e. The van der Waals surface area contributed by atoms with Crippen LogP contribution in [-0.4, -0.2) is 5.78 Å². The van der Waals surface area contributed by atoms with Crippen LogP contribution in [0, 0.1) is 5.82 Å². The Labute approximate surface area is 76.9 Å². The summed E-state index contributed by atoms with van der Waals surface area (Å²) in [6, 6.07) is 6.14. The van der Waals surface area contributed by atoms with Crippen LogP contribution in [0.3, 0.4) is 0 Å². The van der Waals surface area contributed by atoms with Crippen molar-refractivity contribution >= 4 is 11.9 Å². The highest BCUT2D eigenvalue weighted by atomic mass is 19.1. The highest BCUT2D eigenvalue weighted by molar-refractivity contribution is 5.78. The van der Waals surface area contributed by atoms with Crippen molar-refractivity contribution in [2.45, 2.75) is 13.3 Å². The Balaban J connectivity index is 2.59. The zero-order valence-electron chi connectivity index (χ0n) is 7.46. The van der Waals surface area contributed by atoms with Gasteiger partial charge in [-0.3, -0.25) is 4.79 Å². The first-order chi connectivity index (χ1) is 6.18. The maximum atomic E-state index is 12.5. The lowest BCUT2D eigenvalue weighted by molar-refractivity contribution is -0.116. The van der Waals surface area contributed by atoms with Crippen molar-refractivity contribution in [1.82, 2.24) is 0 Å². The third kappa shape index (κ3) is 3.65. The Morgan fingerprint density at radius 1 is 1.38 bits per heavy atom. The third-order valence-electron chi connectivity index (χ3n) is 1.59. The summed E-state index contributed by atoms with van der Waals surface area (Å²) in [6.07, 6.45) is 4.01. The van der Waals surface area contributed by atoms with Gasteiger partial charge in [-0.05, 0) is 24.6 Å². The van der Waals surface area contributed by atoms with E-state index in [4.69, 9.17) is 0 Å². The average Bonchev–Trinajstić information content (AvgIpc) is 2.08. The predicted octanol–water partition coefficient (Wildman–Crippen LogP) is 2.82. The second kappa shape index (κ2) is 4.55. The van der Waals surface area contributed by atoms with Crippen molar-refractivity contribution in [3.05, 3.63) is 41.7 Å². The molecule has 1 aromatic carbocycles. The number of ketones is 1. The monoisotopic (exact) mass is 178 g/mol. The van der Waals surface area contributed by atoms with Gasteiger partial charge in [0.25, 0.3) is 0 Å². The van der Waals surface area contributed by atoms with Crippen LogP contribution in [0.1, 0.15) is 18.9 Å². The Kier molecular flexibility index (Phi) is 3.38. The van der Waals surface area contributed by atoms with E-state index < -0.39 is 0 Å². The molecule has 0 aromatic heterocycles. The van der Waals surface area contributed by atoms with Crippen LogP contribution in [0.2, 0.25) is 0 Å². The molecule has 13 heavy (non-hydrogen) atoms. The maximum Gasteiger partial charge on any atom is 0.133 e. The van der Waals surface area contributed by atoms with Gasteiger partial charge in [0.2, 0.25) is 0 Å². The van der Waals surface area contributed by atoms with E-state index in [0.29, 0.717) is 6.42 Å². The normalized spacial score (nSPS) is 10.6. The van der Waals surface area contributed by atoms with Gasteiger partial charge in [-0.15, -0.1) is 0 Å². The van der Waals surface area contributed by atoms with E-state index in [1.165, 1.54) is 19.1 Å². The molecule has 0 N–H and O–H groups in total. The zero-order chi connectivity index (χ0) is 9.68. The summed E-state index contributed by atoms with van der Waals surface area (Å²) in [7, 11) is 0. The van der Waals surface area contributed by atoms with E-state index in [9.17, 15) is 9.18 Å². The Hall–Kier alpha value is -1.44. The molecule has 2 heteroatoms. The molecule has 0 spiro atoms. The van der Waals surface area contributed by atoms with Crippen LogP contribution in [0.5, 0.6) is 0 Å². The van der Waals surface area contributed by atoms with Gasteiger partial charge in [-0.2, -0.15) is 0 Å². The topological polar surface area (TPSA) is 17.1 Å². The zero-order valence-corrected chi connectivity index (χ0v) is 7.46. The first-order valence-corrected chi connectivity index (χ1v) is 4.10. The van der Waals surface area contributed by atoms with Crippen LogP contribution in [0.15, 0.2) is 30.3 Å². The molecule has 1 rings (SSSR count). The van der Waals surface area contributed by atoms with E-state index in [2.05, 4.69) is 0 Å². The second-order valence-corrected chi connectivity index (χ2v) is 2.86. The Bertz CT molecular complexity index is 311. The molecule has 0 heterocycles. The molecule has 0 unspecified atom stereocenters. The van der Waals surface area contributed by atoms with Gasteiger partial charge in [0.15, 0.2) is 0 Å². The highest BCUT2D eigenvalue weighted by Crippen LogP contribution is 2.04. The van der Waals surface area contributed by atoms with Crippen molar-refractivity contribution in [2.24, 2.45) is 0 Å². The summed E-state index contributed by atoms with van der Waals surface area (Å²) in [5.74, 6) is -0.123. The van der Waals surface area contributed by atoms with E-state index in [1.54, 1.807) is 24.3 Å². The van der Waals surface area contributed by atoms with Crippen molar-refractivity contribution < 1.29 is 9.18 Å². The van der Waals surface area contributed by atoms with Crippen molar-refractivity contribution in [3.63, 3.8) is 0 Å². The van der Waals surface area contributed by atoms with Crippen molar-refractivity contribution in [1.29, 1.82) is 0 Å². The highest BCUT2D eigenvalue weighted by Gasteiger charge is 1.89. The fourth-order valence-corrected chi connectivity index (χ4v) is 0.935. The lowest BCUT2D eigenvalue weighted by atomic mass is 10.2. The fourth-order valence-electron chi connectivity index (χ4n) is 0.935. The molecule has 0 saturated carbocycles. The SMILES string of the molecule is CC(=O)C/C=C/c1ccc(F)cc1. The molecule has 0 amide bonds. The molecule has 0 radical (unpaired) electrons. The van der Waals surface area contributed by atoms with Gasteiger partial charge < -0.3 is 0 Å². The van der Waals surface area contributed by atoms with Gasteiger partial charge in [0, 0.05) is 6.42 Å². The molecular formula is C11H11FO. The number of carbonyl (C=O) groups is 1.